The third kappa shape index (κ3) is 2.36. The predicted octanol–water partition coefficient (Wildman–Crippen LogP) is 3.83. The summed E-state index contributed by atoms with van der Waals surface area (Å²) >= 11 is 0. The van der Waals surface area contributed by atoms with Crippen LogP contribution in [0.5, 0.6) is 0 Å². The van der Waals surface area contributed by atoms with Gasteiger partial charge in [-0.05, 0) is 56.0 Å². The molecule has 1 atom stereocenters. The molecule has 0 amide bonds. The van der Waals surface area contributed by atoms with Crippen LogP contribution in [0.15, 0.2) is 36.7 Å². The molecule has 0 N–H and O–H groups in total. The predicted molar refractivity (Wildman–Crippen MR) is 88.2 cm³/mol. The quantitative estimate of drug-likeness (QED) is 0.721. The lowest BCUT2D eigenvalue weighted by Crippen LogP contribution is -2.24. The number of rotatable bonds is 2. The van der Waals surface area contributed by atoms with Crippen LogP contribution in [0.4, 0.5) is 10.2 Å². The number of aromatic nitrogens is 3. The van der Waals surface area contributed by atoms with E-state index < -0.39 is 0 Å². The van der Waals surface area contributed by atoms with Crippen molar-refractivity contribution in [3.63, 3.8) is 0 Å². The summed E-state index contributed by atoms with van der Waals surface area (Å²) in [5.41, 5.74) is 4.13. The van der Waals surface area contributed by atoms with Gasteiger partial charge in [0.05, 0.1) is 12.2 Å². The zero-order valence-electron chi connectivity index (χ0n) is 13.3. The largest absolute Gasteiger partial charge is 0.349 e. The third-order valence-electron chi connectivity index (χ3n) is 4.68. The second-order valence-electron chi connectivity index (χ2n) is 6.23. The van der Waals surface area contributed by atoms with Crippen LogP contribution in [-0.4, -0.2) is 21.1 Å². The average Bonchev–Trinajstić information content (AvgIpc) is 3.17. The number of fused-ring (bicyclic) bond motifs is 1. The van der Waals surface area contributed by atoms with Gasteiger partial charge in [0, 0.05) is 18.3 Å². The van der Waals surface area contributed by atoms with Crippen molar-refractivity contribution in [3.05, 3.63) is 59.2 Å². The summed E-state index contributed by atoms with van der Waals surface area (Å²) in [7, 11) is 0. The van der Waals surface area contributed by atoms with E-state index >= 15 is 0 Å². The molecule has 23 heavy (non-hydrogen) atoms. The molecule has 1 aromatic carbocycles. The fourth-order valence-electron chi connectivity index (χ4n) is 3.47. The van der Waals surface area contributed by atoms with Crippen molar-refractivity contribution in [1.82, 2.24) is 14.6 Å². The minimum Gasteiger partial charge on any atom is -0.349 e. The van der Waals surface area contributed by atoms with Crippen molar-refractivity contribution >= 4 is 11.5 Å². The summed E-state index contributed by atoms with van der Waals surface area (Å²) in [6, 6.07) is 7.23. The Bertz CT molecular complexity index is 871. The normalized spacial score (nSPS) is 18.0. The van der Waals surface area contributed by atoms with Crippen LogP contribution >= 0.6 is 0 Å². The molecule has 1 aliphatic heterocycles. The zero-order valence-corrected chi connectivity index (χ0v) is 13.3. The lowest BCUT2D eigenvalue weighted by Gasteiger charge is -2.27. The lowest BCUT2D eigenvalue weighted by atomic mass is 9.99. The molecule has 1 fully saturated rings. The van der Waals surface area contributed by atoms with E-state index in [9.17, 15) is 4.39 Å². The standard InChI is InChI=1S/C18H19FN4/c1-12-5-6-14(19)10-15(12)16-4-3-8-22(16)17-7-9-23-18(21-17)13(2)11-20-23/h5-7,9-11,16H,3-4,8H2,1-2H3. The average molecular weight is 310 g/mol. The first kappa shape index (κ1) is 14.2. The monoisotopic (exact) mass is 310 g/mol. The van der Waals surface area contributed by atoms with Crippen LogP contribution in [0.25, 0.3) is 5.65 Å². The molecule has 4 rings (SSSR count). The Kier molecular flexibility index (Phi) is 3.29. The van der Waals surface area contributed by atoms with E-state index in [1.807, 2.05) is 38.4 Å². The third-order valence-corrected chi connectivity index (χ3v) is 4.68. The number of hydrogen-bond acceptors (Lipinski definition) is 3. The Morgan fingerprint density at radius 1 is 1.17 bits per heavy atom. The summed E-state index contributed by atoms with van der Waals surface area (Å²) in [6.45, 7) is 5.00. The van der Waals surface area contributed by atoms with Gasteiger partial charge in [-0.1, -0.05) is 6.07 Å². The maximum atomic E-state index is 13.7. The van der Waals surface area contributed by atoms with E-state index in [1.165, 1.54) is 6.07 Å². The minimum atomic E-state index is -0.174. The van der Waals surface area contributed by atoms with Crippen LogP contribution < -0.4 is 4.90 Å². The van der Waals surface area contributed by atoms with E-state index in [-0.39, 0.29) is 11.9 Å². The summed E-state index contributed by atoms with van der Waals surface area (Å²) in [5, 5.41) is 4.27. The molecule has 5 heteroatoms. The molecule has 0 bridgehead atoms. The number of nitrogens with zero attached hydrogens (tertiary/aromatic N) is 4. The second kappa shape index (κ2) is 5.33. The first-order valence-corrected chi connectivity index (χ1v) is 7.97. The fourth-order valence-corrected chi connectivity index (χ4v) is 3.47. The number of hydrogen-bond donors (Lipinski definition) is 0. The molecule has 0 spiro atoms. The number of halogens is 1. The molecular formula is C18H19FN4. The molecule has 2 aromatic heterocycles. The van der Waals surface area contributed by atoms with E-state index in [2.05, 4.69) is 10.00 Å². The van der Waals surface area contributed by atoms with Crippen molar-refractivity contribution < 1.29 is 4.39 Å². The summed E-state index contributed by atoms with van der Waals surface area (Å²) < 4.78 is 15.5. The Balaban J connectivity index is 1.76. The molecular weight excluding hydrogens is 291 g/mol. The highest BCUT2D eigenvalue weighted by Crippen LogP contribution is 2.37. The summed E-state index contributed by atoms with van der Waals surface area (Å²) in [6.07, 6.45) is 5.88. The van der Waals surface area contributed by atoms with Crippen LogP contribution in [0.3, 0.4) is 0 Å². The van der Waals surface area contributed by atoms with Gasteiger partial charge in [-0.2, -0.15) is 5.10 Å². The molecule has 1 aliphatic rings. The molecule has 118 valence electrons. The van der Waals surface area contributed by atoms with Crippen molar-refractivity contribution in [2.75, 3.05) is 11.4 Å². The van der Waals surface area contributed by atoms with E-state index in [4.69, 9.17) is 4.98 Å². The van der Waals surface area contributed by atoms with Gasteiger partial charge in [-0.3, -0.25) is 0 Å². The Labute approximate surface area is 134 Å². The van der Waals surface area contributed by atoms with Gasteiger partial charge in [0.25, 0.3) is 0 Å². The van der Waals surface area contributed by atoms with Gasteiger partial charge in [0.1, 0.15) is 11.6 Å². The van der Waals surface area contributed by atoms with Gasteiger partial charge in [0.15, 0.2) is 5.65 Å². The Morgan fingerprint density at radius 2 is 2.04 bits per heavy atom. The summed E-state index contributed by atoms with van der Waals surface area (Å²) in [5.74, 6) is 0.764. The maximum Gasteiger partial charge on any atom is 0.160 e. The van der Waals surface area contributed by atoms with Crippen molar-refractivity contribution in [1.29, 1.82) is 0 Å². The number of benzene rings is 1. The molecule has 1 unspecified atom stereocenters. The smallest absolute Gasteiger partial charge is 0.160 e. The maximum absolute atomic E-state index is 13.7. The van der Waals surface area contributed by atoms with Crippen LogP contribution in [0.2, 0.25) is 0 Å². The first-order valence-electron chi connectivity index (χ1n) is 7.97. The topological polar surface area (TPSA) is 33.4 Å². The van der Waals surface area contributed by atoms with Crippen LogP contribution in [-0.2, 0) is 0 Å². The number of anilines is 1. The molecule has 1 saturated heterocycles. The highest BCUT2D eigenvalue weighted by atomic mass is 19.1. The van der Waals surface area contributed by atoms with Gasteiger partial charge in [-0.25, -0.2) is 13.9 Å². The van der Waals surface area contributed by atoms with E-state index in [0.717, 1.165) is 47.5 Å². The van der Waals surface area contributed by atoms with Gasteiger partial charge in [0.2, 0.25) is 0 Å². The second-order valence-corrected chi connectivity index (χ2v) is 6.23. The fraction of sp³-hybridized carbons (Fsp3) is 0.333. The lowest BCUT2D eigenvalue weighted by molar-refractivity contribution is 0.616. The Morgan fingerprint density at radius 3 is 2.91 bits per heavy atom. The van der Waals surface area contributed by atoms with Gasteiger partial charge in [-0.15, -0.1) is 0 Å². The molecule has 0 aliphatic carbocycles. The molecule has 0 radical (unpaired) electrons. The first-order chi connectivity index (χ1) is 11.1. The van der Waals surface area contributed by atoms with Crippen LogP contribution in [0, 0.1) is 19.7 Å². The summed E-state index contributed by atoms with van der Waals surface area (Å²) in [4.78, 5) is 7.06. The highest BCUT2D eigenvalue weighted by molar-refractivity contribution is 5.54. The Hall–Kier alpha value is -2.43. The molecule has 0 saturated carbocycles. The molecule has 3 aromatic rings. The van der Waals surface area contributed by atoms with Gasteiger partial charge < -0.3 is 4.90 Å². The van der Waals surface area contributed by atoms with E-state index in [0.29, 0.717) is 0 Å². The zero-order chi connectivity index (χ0) is 16.0. The SMILES string of the molecule is Cc1ccc(F)cc1C1CCCN1c1ccn2ncc(C)c2n1. The van der Waals surface area contributed by atoms with Crippen molar-refractivity contribution in [2.45, 2.75) is 32.7 Å². The van der Waals surface area contributed by atoms with Crippen LogP contribution in [0.1, 0.15) is 35.6 Å². The number of aryl methyl sites for hydroxylation is 2. The minimum absolute atomic E-state index is 0.174. The highest BCUT2D eigenvalue weighted by Gasteiger charge is 2.28. The van der Waals surface area contributed by atoms with E-state index in [1.54, 1.807) is 10.6 Å². The van der Waals surface area contributed by atoms with Gasteiger partial charge >= 0.3 is 0 Å². The van der Waals surface area contributed by atoms with Crippen molar-refractivity contribution in [2.24, 2.45) is 0 Å². The molecule has 4 nitrogen and oxygen atoms in total. The molecule has 3 heterocycles. The van der Waals surface area contributed by atoms with Crippen molar-refractivity contribution in [3.8, 4) is 0 Å².